The van der Waals surface area contributed by atoms with E-state index in [4.69, 9.17) is 11.5 Å². The van der Waals surface area contributed by atoms with Gasteiger partial charge >= 0.3 is 0 Å². The topological polar surface area (TPSA) is 86.9 Å². The van der Waals surface area contributed by atoms with E-state index in [0.29, 0.717) is 12.4 Å². The molecule has 0 aliphatic carbocycles. The number of primary amides is 1. The monoisotopic (exact) mass is 230 g/mol. The predicted octanol–water partition coefficient (Wildman–Crippen LogP) is 0.921. The van der Waals surface area contributed by atoms with Gasteiger partial charge in [-0.05, 0) is 12.5 Å². The van der Waals surface area contributed by atoms with Crippen molar-refractivity contribution in [1.82, 2.24) is 9.78 Å². The zero-order valence-corrected chi connectivity index (χ0v) is 9.55. The fraction of sp³-hybridized carbons (Fsp3) is 0.167. The highest BCUT2D eigenvalue weighted by Crippen LogP contribution is 2.13. The number of nitrogens with zero attached hydrogens (tertiary/aromatic N) is 2. The van der Waals surface area contributed by atoms with E-state index in [1.54, 1.807) is 4.68 Å². The summed E-state index contributed by atoms with van der Waals surface area (Å²) in [5.41, 5.74) is 13.5. The molecule has 0 spiro atoms. The number of amides is 1. The van der Waals surface area contributed by atoms with Gasteiger partial charge < -0.3 is 11.5 Å². The third-order valence-electron chi connectivity index (χ3n) is 2.60. The zero-order valence-electron chi connectivity index (χ0n) is 9.55. The third-order valence-corrected chi connectivity index (χ3v) is 2.60. The van der Waals surface area contributed by atoms with E-state index < -0.39 is 5.91 Å². The lowest BCUT2D eigenvalue weighted by Gasteiger charge is -2.05. The van der Waals surface area contributed by atoms with Crippen molar-refractivity contribution < 1.29 is 4.79 Å². The lowest BCUT2D eigenvalue weighted by molar-refractivity contribution is 0.100. The fourth-order valence-corrected chi connectivity index (χ4v) is 1.58. The molecule has 5 nitrogen and oxygen atoms in total. The van der Waals surface area contributed by atoms with Crippen LogP contribution in [0.3, 0.4) is 0 Å². The van der Waals surface area contributed by atoms with Crippen LogP contribution in [-0.4, -0.2) is 15.7 Å². The molecule has 0 unspecified atom stereocenters. The maximum Gasteiger partial charge on any atom is 0.254 e. The number of hydrogen-bond acceptors (Lipinski definition) is 3. The lowest BCUT2D eigenvalue weighted by Crippen LogP contribution is -2.14. The van der Waals surface area contributed by atoms with Gasteiger partial charge in [0, 0.05) is 0 Å². The highest BCUT2D eigenvalue weighted by Gasteiger charge is 2.11. The van der Waals surface area contributed by atoms with Crippen LogP contribution in [0.25, 0.3) is 0 Å². The molecule has 0 aliphatic rings. The number of aryl methyl sites for hydroxylation is 1. The first-order valence-corrected chi connectivity index (χ1v) is 5.24. The summed E-state index contributed by atoms with van der Waals surface area (Å²) in [5, 5.41) is 4.05. The second-order valence-corrected chi connectivity index (χ2v) is 3.95. The molecule has 17 heavy (non-hydrogen) atoms. The van der Waals surface area contributed by atoms with Crippen molar-refractivity contribution in [2.45, 2.75) is 13.5 Å². The number of nitrogen functional groups attached to an aromatic ring is 1. The Labute approximate surface area is 99.0 Å². The van der Waals surface area contributed by atoms with Crippen LogP contribution in [0.4, 0.5) is 5.82 Å². The number of benzene rings is 1. The first-order valence-electron chi connectivity index (χ1n) is 5.24. The Morgan fingerprint density at radius 1 is 1.35 bits per heavy atom. The summed E-state index contributed by atoms with van der Waals surface area (Å²) < 4.78 is 1.56. The van der Waals surface area contributed by atoms with Gasteiger partial charge in [0.05, 0.1) is 12.7 Å². The molecule has 1 aromatic heterocycles. The zero-order chi connectivity index (χ0) is 12.4. The van der Waals surface area contributed by atoms with E-state index in [0.717, 1.165) is 5.56 Å². The maximum atomic E-state index is 11.0. The summed E-state index contributed by atoms with van der Waals surface area (Å²) in [7, 11) is 0. The van der Waals surface area contributed by atoms with Crippen molar-refractivity contribution in [3.05, 3.63) is 47.2 Å². The highest BCUT2D eigenvalue weighted by atomic mass is 16.1. The van der Waals surface area contributed by atoms with Crippen LogP contribution in [0.5, 0.6) is 0 Å². The summed E-state index contributed by atoms with van der Waals surface area (Å²) in [6.45, 7) is 2.55. The van der Waals surface area contributed by atoms with Gasteiger partial charge in [-0.15, -0.1) is 0 Å². The van der Waals surface area contributed by atoms with Crippen LogP contribution >= 0.6 is 0 Å². The molecule has 88 valence electrons. The number of carbonyl (C=O) groups is 1. The highest BCUT2D eigenvalue weighted by molar-refractivity contribution is 5.96. The molecule has 5 heteroatoms. The average Bonchev–Trinajstić information content (AvgIpc) is 2.64. The van der Waals surface area contributed by atoms with E-state index >= 15 is 0 Å². The molecule has 2 aromatic rings. The Hall–Kier alpha value is -2.30. The van der Waals surface area contributed by atoms with Gasteiger partial charge in [-0.3, -0.25) is 4.79 Å². The molecule has 0 aliphatic heterocycles. The Kier molecular flexibility index (Phi) is 2.82. The number of carbonyl (C=O) groups excluding carboxylic acids is 1. The minimum Gasteiger partial charge on any atom is -0.383 e. The largest absolute Gasteiger partial charge is 0.383 e. The molecule has 1 aromatic carbocycles. The standard InChI is InChI=1S/C12H14N4O/c1-8-2-4-9(5-3-8)7-16-11(13)10(6-15-16)12(14)17/h2-6H,7,13H2,1H3,(H2,14,17). The summed E-state index contributed by atoms with van der Waals surface area (Å²) in [6, 6.07) is 8.04. The van der Waals surface area contributed by atoms with Gasteiger partial charge in [0.25, 0.3) is 5.91 Å². The Bertz CT molecular complexity index is 542. The number of hydrogen-bond donors (Lipinski definition) is 2. The van der Waals surface area contributed by atoms with E-state index in [9.17, 15) is 4.79 Å². The molecule has 0 saturated carbocycles. The van der Waals surface area contributed by atoms with Gasteiger partial charge in [-0.1, -0.05) is 29.8 Å². The van der Waals surface area contributed by atoms with Gasteiger partial charge in [0.15, 0.2) is 0 Å². The Morgan fingerprint density at radius 3 is 2.53 bits per heavy atom. The van der Waals surface area contributed by atoms with E-state index in [2.05, 4.69) is 5.10 Å². The smallest absolute Gasteiger partial charge is 0.254 e. The Balaban J connectivity index is 2.24. The van der Waals surface area contributed by atoms with Crippen molar-refractivity contribution >= 4 is 11.7 Å². The van der Waals surface area contributed by atoms with E-state index in [1.165, 1.54) is 11.8 Å². The number of anilines is 1. The summed E-state index contributed by atoms with van der Waals surface area (Å²) in [5.74, 6) is -0.254. The first kappa shape index (κ1) is 11.2. The lowest BCUT2D eigenvalue weighted by atomic mass is 10.1. The molecule has 0 bridgehead atoms. The van der Waals surface area contributed by atoms with Crippen LogP contribution in [0.2, 0.25) is 0 Å². The first-order chi connectivity index (χ1) is 8.08. The molecule has 0 radical (unpaired) electrons. The molecule has 1 heterocycles. The average molecular weight is 230 g/mol. The van der Waals surface area contributed by atoms with Crippen LogP contribution in [-0.2, 0) is 6.54 Å². The molecule has 0 atom stereocenters. The van der Waals surface area contributed by atoms with Crippen molar-refractivity contribution in [1.29, 1.82) is 0 Å². The summed E-state index contributed by atoms with van der Waals surface area (Å²) >= 11 is 0. The third kappa shape index (κ3) is 2.28. The van der Waals surface area contributed by atoms with E-state index in [-0.39, 0.29) is 5.56 Å². The minimum absolute atomic E-state index is 0.261. The van der Waals surface area contributed by atoms with Crippen LogP contribution < -0.4 is 11.5 Å². The Morgan fingerprint density at radius 2 is 2.00 bits per heavy atom. The van der Waals surface area contributed by atoms with Crippen molar-refractivity contribution in [3.8, 4) is 0 Å². The van der Waals surface area contributed by atoms with Crippen LogP contribution in [0, 0.1) is 6.92 Å². The number of rotatable bonds is 3. The molecule has 4 N–H and O–H groups in total. The molecular weight excluding hydrogens is 216 g/mol. The van der Waals surface area contributed by atoms with Gasteiger partial charge in [-0.25, -0.2) is 4.68 Å². The molecule has 0 saturated heterocycles. The summed E-state index contributed by atoms with van der Waals surface area (Å²) in [6.07, 6.45) is 1.39. The number of nitrogens with two attached hydrogens (primary N) is 2. The predicted molar refractivity (Wildman–Crippen MR) is 65.4 cm³/mol. The normalized spacial score (nSPS) is 10.4. The molecular formula is C12H14N4O. The van der Waals surface area contributed by atoms with Crippen molar-refractivity contribution in [2.75, 3.05) is 5.73 Å². The molecule has 1 amide bonds. The van der Waals surface area contributed by atoms with Crippen molar-refractivity contribution in [2.24, 2.45) is 5.73 Å². The summed E-state index contributed by atoms with van der Waals surface area (Å²) in [4.78, 5) is 11.0. The number of aromatic nitrogens is 2. The molecule has 2 rings (SSSR count). The van der Waals surface area contributed by atoms with Gasteiger partial charge in [0.1, 0.15) is 11.4 Å². The SMILES string of the molecule is Cc1ccc(Cn2ncc(C(N)=O)c2N)cc1. The van der Waals surface area contributed by atoms with E-state index in [1.807, 2.05) is 31.2 Å². The van der Waals surface area contributed by atoms with Crippen molar-refractivity contribution in [3.63, 3.8) is 0 Å². The van der Waals surface area contributed by atoms with Crippen LogP contribution in [0.15, 0.2) is 30.5 Å². The molecule has 0 fully saturated rings. The van der Waals surface area contributed by atoms with Gasteiger partial charge in [0.2, 0.25) is 0 Å². The quantitative estimate of drug-likeness (QED) is 0.822. The second-order valence-electron chi connectivity index (χ2n) is 3.95. The maximum absolute atomic E-state index is 11.0. The fourth-order valence-electron chi connectivity index (χ4n) is 1.58. The van der Waals surface area contributed by atoms with Gasteiger partial charge in [-0.2, -0.15) is 5.10 Å². The van der Waals surface area contributed by atoms with Crippen LogP contribution in [0.1, 0.15) is 21.5 Å². The minimum atomic E-state index is -0.558. The second kappa shape index (κ2) is 4.29.